The van der Waals surface area contributed by atoms with Crippen LogP contribution in [0, 0.1) is 11.3 Å². The summed E-state index contributed by atoms with van der Waals surface area (Å²) in [5.41, 5.74) is 1.62. The number of hydrogen-bond donors (Lipinski definition) is 1. The quantitative estimate of drug-likeness (QED) is 0.905. The first-order valence-corrected chi connectivity index (χ1v) is 7.12. The summed E-state index contributed by atoms with van der Waals surface area (Å²) in [7, 11) is 0. The lowest BCUT2D eigenvalue weighted by molar-refractivity contribution is -0.143. The van der Waals surface area contributed by atoms with Gasteiger partial charge in [0.1, 0.15) is 0 Å². The molecule has 1 N–H and O–H groups in total. The van der Waals surface area contributed by atoms with Crippen LogP contribution in [0.4, 0.5) is 0 Å². The van der Waals surface area contributed by atoms with E-state index < -0.39 is 11.9 Å². The van der Waals surface area contributed by atoms with E-state index in [1.165, 1.54) is 16.0 Å². The molecule has 2 aromatic rings. The highest BCUT2D eigenvalue weighted by molar-refractivity contribution is 7.13. The van der Waals surface area contributed by atoms with Gasteiger partial charge < -0.3 is 5.11 Å². The Hall–Kier alpha value is -1.83. The van der Waals surface area contributed by atoms with Gasteiger partial charge in [-0.2, -0.15) is 0 Å². The van der Waals surface area contributed by atoms with E-state index in [1.807, 2.05) is 20.8 Å². The highest BCUT2D eigenvalue weighted by Gasteiger charge is 2.26. The van der Waals surface area contributed by atoms with Crippen LogP contribution in [0.5, 0.6) is 0 Å². The average molecular weight is 295 g/mol. The molecule has 2 heterocycles. The number of nitrogens with zero attached hydrogens (tertiary/aromatic N) is 5. The van der Waals surface area contributed by atoms with Crippen molar-refractivity contribution in [1.82, 2.24) is 25.2 Å². The van der Waals surface area contributed by atoms with Crippen molar-refractivity contribution in [2.24, 2.45) is 11.3 Å². The summed E-state index contributed by atoms with van der Waals surface area (Å²) in [6.45, 7) is 6.32. The van der Waals surface area contributed by atoms with Gasteiger partial charge >= 0.3 is 5.97 Å². The Balaban J connectivity index is 2.20. The van der Waals surface area contributed by atoms with Crippen LogP contribution in [0.3, 0.4) is 0 Å². The zero-order chi connectivity index (χ0) is 14.8. The predicted octanol–water partition coefficient (Wildman–Crippen LogP) is 1.93. The first-order chi connectivity index (χ1) is 9.37. The lowest BCUT2D eigenvalue weighted by Crippen LogP contribution is -2.26. The molecule has 0 fully saturated rings. The van der Waals surface area contributed by atoms with Crippen molar-refractivity contribution in [1.29, 1.82) is 0 Å². The first kappa shape index (κ1) is 14.6. The topological polar surface area (TPSA) is 93.8 Å². The van der Waals surface area contributed by atoms with Crippen LogP contribution in [-0.2, 0) is 11.3 Å². The Morgan fingerprint density at radius 1 is 1.50 bits per heavy atom. The van der Waals surface area contributed by atoms with Gasteiger partial charge in [0, 0.05) is 6.20 Å². The second-order valence-corrected chi connectivity index (χ2v) is 6.74. The van der Waals surface area contributed by atoms with Gasteiger partial charge in [-0.1, -0.05) is 20.8 Å². The molecule has 2 rings (SSSR count). The molecule has 108 valence electrons. The van der Waals surface area contributed by atoms with E-state index in [0.29, 0.717) is 12.2 Å². The maximum atomic E-state index is 11.4. The molecular weight excluding hydrogens is 278 g/mol. The third-order valence-corrected chi connectivity index (χ3v) is 3.55. The minimum Gasteiger partial charge on any atom is -0.481 e. The van der Waals surface area contributed by atoms with Gasteiger partial charge in [-0.25, -0.2) is 4.68 Å². The third-order valence-electron chi connectivity index (χ3n) is 2.79. The second-order valence-electron chi connectivity index (χ2n) is 5.85. The fourth-order valence-electron chi connectivity index (χ4n) is 2.01. The van der Waals surface area contributed by atoms with E-state index in [9.17, 15) is 9.90 Å². The van der Waals surface area contributed by atoms with Gasteiger partial charge in [-0.15, -0.1) is 16.4 Å². The minimum atomic E-state index is -0.828. The average Bonchev–Trinajstić information content (AvgIpc) is 2.94. The maximum absolute atomic E-state index is 11.4. The SMILES string of the molecule is CC(C)(C)CC(Cn1nnnc1-c1cncs1)C(=O)O. The Morgan fingerprint density at radius 3 is 2.80 bits per heavy atom. The molecule has 0 aliphatic carbocycles. The van der Waals surface area contributed by atoms with E-state index in [2.05, 4.69) is 20.5 Å². The molecule has 8 heteroatoms. The number of carbonyl (C=O) groups is 1. The number of aromatic nitrogens is 5. The lowest BCUT2D eigenvalue weighted by Gasteiger charge is -2.23. The van der Waals surface area contributed by atoms with Gasteiger partial charge in [0.05, 0.1) is 22.9 Å². The van der Waals surface area contributed by atoms with Crippen molar-refractivity contribution in [2.45, 2.75) is 33.7 Å². The summed E-state index contributed by atoms with van der Waals surface area (Å²) >= 11 is 1.42. The number of carboxylic acids is 1. The summed E-state index contributed by atoms with van der Waals surface area (Å²) in [6.07, 6.45) is 2.23. The molecule has 0 saturated heterocycles. The molecule has 20 heavy (non-hydrogen) atoms. The van der Waals surface area contributed by atoms with Crippen molar-refractivity contribution in [2.75, 3.05) is 0 Å². The monoisotopic (exact) mass is 295 g/mol. The van der Waals surface area contributed by atoms with Crippen molar-refractivity contribution < 1.29 is 9.90 Å². The van der Waals surface area contributed by atoms with Crippen LogP contribution in [0.2, 0.25) is 0 Å². The minimum absolute atomic E-state index is 0.0677. The predicted molar refractivity (Wildman–Crippen MR) is 74.1 cm³/mol. The number of carboxylic acid groups (broad SMARTS) is 1. The summed E-state index contributed by atoms with van der Waals surface area (Å²) in [5.74, 6) is -0.788. The van der Waals surface area contributed by atoms with Gasteiger partial charge in [0.25, 0.3) is 0 Å². The van der Waals surface area contributed by atoms with Crippen LogP contribution in [0.15, 0.2) is 11.7 Å². The Morgan fingerprint density at radius 2 is 2.25 bits per heavy atom. The number of aliphatic carboxylic acids is 1. The normalized spacial score (nSPS) is 13.3. The molecule has 0 aromatic carbocycles. The maximum Gasteiger partial charge on any atom is 0.308 e. The molecule has 0 bridgehead atoms. The van der Waals surface area contributed by atoms with E-state index >= 15 is 0 Å². The Kier molecular flexibility index (Phi) is 4.12. The van der Waals surface area contributed by atoms with E-state index in [0.717, 1.165) is 4.88 Å². The Bertz CT molecular complexity index is 573. The number of tetrazole rings is 1. The molecule has 7 nitrogen and oxygen atoms in total. The summed E-state index contributed by atoms with van der Waals surface area (Å²) in [5, 5.41) is 20.8. The Labute approximate surface area is 120 Å². The second kappa shape index (κ2) is 5.66. The van der Waals surface area contributed by atoms with Gasteiger partial charge in [0.2, 0.25) is 0 Å². The zero-order valence-corrected chi connectivity index (χ0v) is 12.5. The van der Waals surface area contributed by atoms with Crippen LogP contribution in [-0.4, -0.2) is 36.3 Å². The van der Waals surface area contributed by atoms with Crippen LogP contribution < -0.4 is 0 Å². The molecule has 1 unspecified atom stereocenters. The molecule has 0 amide bonds. The summed E-state index contributed by atoms with van der Waals surface area (Å²) < 4.78 is 1.54. The smallest absolute Gasteiger partial charge is 0.308 e. The van der Waals surface area contributed by atoms with Crippen molar-refractivity contribution in [3.8, 4) is 10.7 Å². The lowest BCUT2D eigenvalue weighted by atomic mass is 9.84. The number of thiazole rings is 1. The van der Waals surface area contributed by atoms with Crippen molar-refractivity contribution >= 4 is 17.3 Å². The first-order valence-electron chi connectivity index (χ1n) is 6.24. The van der Waals surface area contributed by atoms with E-state index in [1.54, 1.807) is 11.7 Å². The molecule has 1 atom stereocenters. The summed E-state index contributed by atoms with van der Waals surface area (Å²) in [6, 6.07) is 0. The molecular formula is C12H17N5O2S. The molecule has 2 aromatic heterocycles. The molecule has 0 spiro atoms. The zero-order valence-electron chi connectivity index (χ0n) is 11.6. The molecule has 0 radical (unpaired) electrons. The fourth-order valence-corrected chi connectivity index (χ4v) is 2.62. The van der Waals surface area contributed by atoms with Gasteiger partial charge in [0.15, 0.2) is 5.82 Å². The number of rotatable bonds is 5. The van der Waals surface area contributed by atoms with Gasteiger partial charge in [-0.3, -0.25) is 9.78 Å². The van der Waals surface area contributed by atoms with Crippen molar-refractivity contribution in [3.05, 3.63) is 11.7 Å². The fraction of sp³-hybridized carbons (Fsp3) is 0.583. The van der Waals surface area contributed by atoms with Crippen LogP contribution in [0.25, 0.3) is 10.7 Å². The highest BCUT2D eigenvalue weighted by Crippen LogP contribution is 2.27. The van der Waals surface area contributed by atoms with Crippen LogP contribution >= 0.6 is 11.3 Å². The molecule has 0 aliphatic heterocycles. The van der Waals surface area contributed by atoms with E-state index in [4.69, 9.17) is 0 Å². The van der Waals surface area contributed by atoms with E-state index in [-0.39, 0.29) is 12.0 Å². The largest absolute Gasteiger partial charge is 0.481 e. The standard InChI is InChI=1S/C12H17N5O2S/c1-12(2,3)4-8(11(18)19)6-17-10(14-15-16-17)9-5-13-7-20-9/h5,7-8H,4,6H2,1-3H3,(H,18,19). The van der Waals surface area contributed by atoms with Crippen LogP contribution in [0.1, 0.15) is 27.2 Å². The van der Waals surface area contributed by atoms with Crippen molar-refractivity contribution in [3.63, 3.8) is 0 Å². The molecule has 0 aliphatic rings. The highest BCUT2D eigenvalue weighted by atomic mass is 32.1. The third kappa shape index (κ3) is 3.60. The summed E-state index contributed by atoms with van der Waals surface area (Å²) in [4.78, 5) is 16.2. The molecule has 0 saturated carbocycles. The van der Waals surface area contributed by atoms with Gasteiger partial charge in [-0.05, 0) is 22.3 Å². The number of hydrogen-bond acceptors (Lipinski definition) is 6.